The molecule has 0 atom stereocenters. The highest BCUT2D eigenvalue weighted by Crippen LogP contribution is 2.15. The Morgan fingerprint density at radius 3 is 2.62 bits per heavy atom. The number of ether oxygens (including phenoxy) is 1. The predicted molar refractivity (Wildman–Crippen MR) is 76.4 cm³/mol. The molecule has 21 heavy (non-hydrogen) atoms. The summed E-state index contributed by atoms with van der Waals surface area (Å²) in [5.74, 6) is -1.44. The van der Waals surface area contributed by atoms with E-state index in [1.165, 1.54) is 6.07 Å². The molecule has 7 heteroatoms. The van der Waals surface area contributed by atoms with Gasteiger partial charge >= 0.3 is 18.0 Å². The number of hydrogen-bond donors (Lipinski definition) is 3. The molecule has 7 nitrogen and oxygen atoms in total. The smallest absolute Gasteiger partial charge is 0.336 e. The van der Waals surface area contributed by atoms with Crippen LogP contribution in [0.15, 0.2) is 18.2 Å². The van der Waals surface area contributed by atoms with Crippen molar-refractivity contribution in [3.8, 4) is 0 Å². The monoisotopic (exact) mass is 294 g/mol. The first-order chi connectivity index (χ1) is 9.93. The Kier molecular flexibility index (Phi) is 6.19. The molecule has 1 rings (SSSR count). The summed E-state index contributed by atoms with van der Waals surface area (Å²) in [5, 5.41) is 14.0. The first kappa shape index (κ1) is 16.5. The lowest BCUT2D eigenvalue weighted by atomic mass is 10.1. The summed E-state index contributed by atoms with van der Waals surface area (Å²) in [7, 11) is 0. The van der Waals surface area contributed by atoms with Gasteiger partial charge in [0, 0.05) is 12.2 Å². The van der Waals surface area contributed by atoms with Gasteiger partial charge in [-0.05, 0) is 31.5 Å². The number of aromatic carboxylic acids is 1. The SMILES string of the molecule is CCOC(=O)CCNC(=O)Nc1ccc(C)c(C(=O)O)c1. The van der Waals surface area contributed by atoms with Crippen molar-refractivity contribution >= 4 is 23.7 Å². The van der Waals surface area contributed by atoms with Gasteiger partial charge in [-0.15, -0.1) is 0 Å². The lowest BCUT2D eigenvalue weighted by Crippen LogP contribution is -2.31. The fraction of sp³-hybridized carbons (Fsp3) is 0.357. The van der Waals surface area contributed by atoms with Crippen molar-refractivity contribution in [2.75, 3.05) is 18.5 Å². The van der Waals surface area contributed by atoms with E-state index in [4.69, 9.17) is 9.84 Å². The number of anilines is 1. The van der Waals surface area contributed by atoms with Crippen molar-refractivity contribution in [1.82, 2.24) is 5.32 Å². The summed E-state index contributed by atoms with van der Waals surface area (Å²) in [6.07, 6.45) is 0.0789. The van der Waals surface area contributed by atoms with Crippen LogP contribution in [0.1, 0.15) is 29.3 Å². The van der Waals surface area contributed by atoms with Gasteiger partial charge in [0.2, 0.25) is 0 Å². The van der Waals surface area contributed by atoms with Gasteiger partial charge < -0.3 is 20.5 Å². The minimum Gasteiger partial charge on any atom is -0.478 e. The number of benzene rings is 1. The first-order valence-electron chi connectivity index (χ1n) is 6.48. The van der Waals surface area contributed by atoms with Gasteiger partial charge in [-0.25, -0.2) is 9.59 Å². The highest BCUT2D eigenvalue weighted by molar-refractivity contribution is 5.94. The molecule has 0 aliphatic rings. The number of carboxylic acid groups (broad SMARTS) is 1. The third kappa shape index (κ3) is 5.52. The number of carboxylic acids is 1. The van der Waals surface area contributed by atoms with Gasteiger partial charge in [-0.1, -0.05) is 6.07 Å². The lowest BCUT2D eigenvalue weighted by Gasteiger charge is -2.09. The highest BCUT2D eigenvalue weighted by Gasteiger charge is 2.09. The summed E-state index contributed by atoms with van der Waals surface area (Å²) in [5.41, 5.74) is 1.10. The minimum atomic E-state index is -1.06. The van der Waals surface area contributed by atoms with Gasteiger partial charge in [0.25, 0.3) is 0 Å². The van der Waals surface area contributed by atoms with Crippen molar-refractivity contribution < 1.29 is 24.2 Å². The van der Waals surface area contributed by atoms with E-state index >= 15 is 0 Å². The van der Waals surface area contributed by atoms with Crippen molar-refractivity contribution in [2.45, 2.75) is 20.3 Å². The summed E-state index contributed by atoms with van der Waals surface area (Å²) in [6.45, 7) is 3.82. The van der Waals surface area contributed by atoms with Crippen LogP contribution in [0.25, 0.3) is 0 Å². The second-order valence-electron chi connectivity index (χ2n) is 4.27. The van der Waals surface area contributed by atoms with E-state index in [1.54, 1.807) is 26.0 Å². The normalized spacial score (nSPS) is 9.81. The molecule has 1 aromatic rings. The zero-order valence-corrected chi connectivity index (χ0v) is 11.9. The maximum Gasteiger partial charge on any atom is 0.336 e. The van der Waals surface area contributed by atoms with Crippen LogP contribution in [0.4, 0.5) is 10.5 Å². The second-order valence-corrected chi connectivity index (χ2v) is 4.27. The Labute approximate surface area is 122 Å². The molecular formula is C14H18N2O5. The molecule has 0 aliphatic heterocycles. The average Bonchev–Trinajstić information content (AvgIpc) is 2.41. The van der Waals surface area contributed by atoms with Gasteiger partial charge in [-0.3, -0.25) is 4.79 Å². The van der Waals surface area contributed by atoms with Crippen LogP contribution < -0.4 is 10.6 Å². The summed E-state index contributed by atoms with van der Waals surface area (Å²) < 4.78 is 4.72. The fourth-order valence-electron chi connectivity index (χ4n) is 1.62. The zero-order valence-electron chi connectivity index (χ0n) is 11.9. The Balaban J connectivity index is 2.50. The molecule has 114 valence electrons. The number of carbonyl (C=O) groups is 3. The van der Waals surface area contributed by atoms with Crippen molar-refractivity contribution in [2.24, 2.45) is 0 Å². The van der Waals surface area contributed by atoms with Crippen molar-refractivity contribution in [3.63, 3.8) is 0 Å². The predicted octanol–water partition coefficient (Wildman–Crippen LogP) is 1.77. The third-order valence-corrected chi connectivity index (χ3v) is 2.65. The number of carbonyl (C=O) groups excluding carboxylic acids is 2. The first-order valence-corrected chi connectivity index (χ1v) is 6.48. The molecule has 0 fully saturated rings. The lowest BCUT2D eigenvalue weighted by molar-refractivity contribution is -0.142. The maximum absolute atomic E-state index is 11.6. The molecule has 0 aromatic heterocycles. The number of rotatable bonds is 6. The molecule has 3 N–H and O–H groups in total. The van der Waals surface area contributed by atoms with E-state index in [1.807, 2.05) is 0 Å². The van der Waals surface area contributed by atoms with E-state index in [2.05, 4.69) is 10.6 Å². The molecule has 1 aromatic carbocycles. The van der Waals surface area contributed by atoms with Crippen LogP contribution in [0.2, 0.25) is 0 Å². The zero-order chi connectivity index (χ0) is 15.8. The number of esters is 1. The van der Waals surface area contributed by atoms with Crippen LogP contribution in [0.5, 0.6) is 0 Å². The Bertz CT molecular complexity index is 542. The van der Waals surface area contributed by atoms with E-state index < -0.39 is 12.0 Å². The highest BCUT2D eigenvalue weighted by atomic mass is 16.5. The standard InChI is InChI=1S/C14H18N2O5/c1-3-21-12(17)6-7-15-14(20)16-10-5-4-9(2)11(8-10)13(18)19/h4-5,8H,3,6-7H2,1-2H3,(H,18,19)(H2,15,16,20). The van der Waals surface area contributed by atoms with E-state index in [0.717, 1.165) is 0 Å². The van der Waals surface area contributed by atoms with Crippen LogP contribution >= 0.6 is 0 Å². The fourth-order valence-corrected chi connectivity index (χ4v) is 1.62. The molecule has 0 bridgehead atoms. The molecule has 0 heterocycles. The van der Waals surface area contributed by atoms with Gasteiger partial charge in [0.1, 0.15) is 0 Å². The molecule has 0 saturated heterocycles. The van der Waals surface area contributed by atoms with Crippen LogP contribution in [0.3, 0.4) is 0 Å². The Hall–Kier alpha value is -2.57. The average molecular weight is 294 g/mol. The van der Waals surface area contributed by atoms with Gasteiger partial charge in [0.15, 0.2) is 0 Å². The van der Waals surface area contributed by atoms with Crippen molar-refractivity contribution in [3.05, 3.63) is 29.3 Å². The van der Waals surface area contributed by atoms with E-state index in [9.17, 15) is 14.4 Å². The summed E-state index contributed by atoms with van der Waals surface area (Å²) >= 11 is 0. The van der Waals surface area contributed by atoms with Crippen LogP contribution in [-0.2, 0) is 9.53 Å². The number of urea groups is 1. The number of amides is 2. The molecule has 2 amide bonds. The van der Waals surface area contributed by atoms with Gasteiger partial charge in [0.05, 0.1) is 18.6 Å². The molecule has 0 unspecified atom stereocenters. The minimum absolute atomic E-state index is 0.0789. The largest absolute Gasteiger partial charge is 0.478 e. The Morgan fingerprint density at radius 2 is 2.00 bits per heavy atom. The Morgan fingerprint density at radius 1 is 1.29 bits per heavy atom. The quantitative estimate of drug-likeness (QED) is 0.693. The topological polar surface area (TPSA) is 105 Å². The number of aryl methyl sites for hydroxylation is 1. The van der Waals surface area contributed by atoms with Crippen LogP contribution in [0, 0.1) is 6.92 Å². The molecular weight excluding hydrogens is 276 g/mol. The van der Waals surface area contributed by atoms with E-state index in [0.29, 0.717) is 17.9 Å². The molecule has 0 radical (unpaired) electrons. The van der Waals surface area contributed by atoms with E-state index in [-0.39, 0.29) is 24.5 Å². The summed E-state index contributed by atoms with van der Waals surface area (Å²) in [6, 6.07) is 4.08. The number of hydrogen-bond acceptors (Lipinski definition) is 4. The second kappa shape index (κ2) is 7.88. The maximum atomic E-state index is 11.6. The van der Waals surface area contributed by atoms with Crippen LogP contribution in [-0.4, -0.2) is 36.2 Å². The number of nitrogens with one attached hydrogen (secondary N) is 2. The third-order valence-electron chi connectivity index (χ3n) is 2.65. The molecule has 0 saturated carbocycles. The van der Waals surface area contributed by atoms with Gasteiger partial charge in [-0.2, -0.15) is 0 Å². The molecule has 0 aliphatic carbocycles. The summed E-state index contributed by atoms with van der Waals surface area (Å²) in [4.78, 5) is 33.7. The molecule has 0 spiro atoms. The van der Waals surface area contributed by atoms with Crippen molar-refractivity contribution in [1.29, 1.82) is 0 Å².